The molecule has 12 heteroatoms. The zero-order valence-electron chi connectivity index (χ0n) is 21.7. The third-order valence-electron chi connectivity index (χ3n) is 7.15. The number of carbonyl (C=O) groups excluding carboxylic acids is 2. The summed E-state index contributed by atoms with van der Waals surface area (Å²) < 4.78 is 19.2. The van der Waals surface area contributed by atoms with E-state index in [2.05, 4.69) is 20.6 Å². The normalized spacial score (nSPS) is 16.9. The predicted molar refractivity (Wildman–Crippen MR) is 149 cm³/mol. The average Bonchev–Trinajstić information content (AvgIpc) is 3.27. The molecule has 5 rings (SSSR count). The van der Waals surface area contributed by atoms with Crippen LogP contribution in [0, 0.1) is 5.82 Å². The van der Waals surface area contributed by atoms with Gasteiger partial charge in [0.2, 0.25) is 11.9 Å². The fraction of sp³-hybridized carbons (Fsp3) is 0.357. The Labute approximate surface area is 240 Å². The third-order valence-corrected chi connectivity index (χ3v) is 7.64. The number of anilines is 1. The van der Waals surface area contributed by atoms with Crippen LogP contribution < -0.4 is 10.6 Å². The molecule has 40 heavy (non-hydrogen) atoms. The highest BCUT2D eigenvalue weighted by molar-refractivity contribution is 6.33. The number of aliphatic hydroxyl groups excluding tert-OH is 1. The lowest BCUT2D eigenvalue weighted by molar-refractivity contribution is -0.126. The number of nitrogens with zero attached hydrogens (tertiary/aromatic N) is 3. The van der Waals surface area contributed by atoms with Crippen molar-refractivity contribution in [3.05, 3.63) is 75.1 Å². The minimum atomic E-state index is -0.890. The van der Waals surface area contributed by atoms with Crippen molar-refractivity contribution in [1.82, 2.24) is 20.2 Å². The van der Waals surface area contributed by atoms with Crippen LogP contribution in [-0.2, 0) is 16.1 Å². The van der Waals surface area contributed by atoms with Crippen molar-refractivity contribution in [3.63, 3.8) is 0 Å². The molecule has 0 unspecified atom stereocenters. The summed E-state index contributed by atoms with van der Waals surface area (Å²) >= 11 is 12.4. The molecule has 2 aromatic carbocycles. The molecule has 0 bridgehead atoms. The molecule has 3 aromatic rings. The van der Waals surface area contributed by atoms with Gasteiger partial charge >= 0.3 is 0 Å². The Kier molecular flexibility index (Phi) is 8.51. The molecule has 2 atom stereocenters. The lowest BCUT2D eigenvalue weighted by atomic mass is 10.0. The van der Waals surface area contributed by atoms with E-state index in [1.165, 1.54) is 23.2 Å². The lowest BCUT2D eigenvalue weighted by Crippen LogP contribution is -2.46. The fourth-order valence-corrected chi connectivity index (χ4v) is 5.32. The molecule has 210 valence electrons. The maximum Gasteiger partial charge on any atom is 0.255 e. The van der Waals surface area contributed by atoms with Crippen molar-refractivity contribution in [3.8, 4) is 11.3 Å². The van der Waals surface area contributed by atoms with Crippen LogP contribution in [0.1, 0.15) is 47.3 Å². The zero-order chi connectivity index (χ0) is 28.4. The number of amides is 2. The van der Waals surface area contributed by atoms with Crippen LogP contribution in [0.2, 0.25) is 10.0 Å². The van der Waals surface area contributed by atoms with E-state index in [0.717, 1.165) is 24.5 Å². The number of benzene rings is 2. The van der Waals surface area contributed by atoms with Gasteiger partial charge in [0.1, 0.15) is 11.9 Å². The second kappa shape index (κ2) is 12.1. The van der Waals surface area contributed by atoms with Gasteiger partial charge in [-0.25, -0.2) is 14.4 Å². The van der Waals surface area contributed by atoms with Crippen molar-refractivity contribution >= 4 is 41.0 Å². The molecule has 0 aliphatic carbocycles. The maximum absolute atomic E-state index is 13.8. The molecule has 2 aliphatic heterocycles. The zero-order valence-corrected chi connectivity index (χ0v) is 23.2. The van der Waals surface area contributed by atoms with Crippen molar-refractivity contribution in [1.29, 1.82) is 0 Å². The van der Waals surface area contributed by atoms with Gasteiger partial charge in [-0.15, -0.1) is 0 Å². The number of aliphatic hydroxyl groups is 1. The first-order chi connectivity index (χ1) is 19.2. The van der Waals surface area contributed by atoms with Gasteiger partial charge in [-0.3, -0.25) is 9.59 Å². The van der Waals surface area contributed by atoms with Crippen LogP contribution >= 0.6 is 23.2 Å². The van der Waals surface area contributed by atoms with E-state index in [4.69, 9.17) is 27.9 Å². The molecule has 1 aromatic heterocycles. The molecule has 0 saturated carbocycles. The molecule has 2 amide bonds. The monoisotopic (exact) mass is 587 g/mol. The Morgan fingerprint density at radius 1 is 1.23 bits per heavy atom. The van der Waals surface area contributed by atoms with Gasteiger partial charge in [0.25, 0.3) is 5.91 Å². The lowest BCUT2D eigenvalue weighted by Gasteiger charge is -2.26. The summed E-state index contributed by atoms with van der Waals surface area (Å²) in [6.45, 7) is 2.71. The number of hydrogen-bond acceptors (Lipinski definition) is 7. The number of fused-ring (bicyclic) bond motifs is 1. The van der Waals surface area contributed by atoms with Gasteiger partial charge in [-0.2, -0.15) is 0 Å². The molecule has 3 N–H and O–H groups in total. The Hall–Kier alpha value is -3.31. The summed E-state index contributed by atoms with van der Waals surface area (Å²) in [5.74, 6) is -0.953. The number of aromatic nitrogens is 2. The average molecular weight is 588 g/mol. The van der Waals surface area contributed by atoms with E-state index in [0.29, 0.717) is 46.6 Å². The summed E-state index contributed by atoms with van der Waals surface area (Å²) in [4.78, 5) is 36.8. The van der Waals surface area contributed by atoms with Gasteiger partial charge in [0, 0.05) is 41.9 Å². The summed E-state index contributed by atoms with van der Waals surface area (Å²) in [5, 5.41) is 16.3. The van der Waals surface area contributed by atoms with Gasteiger partial charge < -0.3 is 25.4 Å². The highest BCUT2D eigenvalue weighted by atomic mass is 35.5. The number of nitrogens with one attached hydrogen (secondary N) is 2. The molecular formula is C28H28Cl2FN5O4. The van der Waals surface area contributed by atoms with E-state index in [9.17, 15) is 19.1 Å². The van der Waals surface area contributed by atoms with Gasteiger partial charge in [-0.05, 0) is 55.2 Å². The van der Waals surface area contributed by atoms with Crippen LogP contribution in [-0.4, -0.2) is 63.7 Å². The SMILES string of the molecule is C[C@H](C(=O)N[C@H](CO)c1cc(F)cc(Cl)c1)N1Cc2ccc(-c3nc(NC4CCOCC4)ncc3Cl)cc2C1=O. The number of rotatable bonds is 8. The smallest absolute Gasteiger partial charge is 0.255 e. The Balaban J connectivity index is 1.31. The standard InChI is InChI=1S/C28H28Cl2FN5O4/c1-15(26(38)34-24(14-37)18-8-19(29)11-20(31)9-18)36-13-17-3-2-16(10-22(17)27(36)39)25-23(30)12-32-28(35-25)33-21-4-6-40-7-5-21/h2-3,8-12,15,21,24,37H,4-7,13-14H2,1H3,(H,34,38)(H,32,33,35)/t15-,24-/m1/s1. The van der Waals surface area contributed by atoms with Gasteiger partial charge in [0.15, 0.2) is 0 Å². The predicted octanol–water partition coefficient (Wildman–Crippen LogP) is 4.37. The molecule has 1 saturated heterocycles. The summed E-state index contributed by atoms with van der Waals surface area (Å²) in [6.07, 6.45) is 3.24. The Bertz CT molecular complexity index is 1420. The van der Waals surface area contributed by atoms with Crippen molar-refractivity contribution in [2.75, 3.05) is 25.1 Å². The van der Waals surface area contributed by atoms with Gasteiger partial charge in [-0.1, -0.05) is 35.3 Å². The van der Waals surface area contributed by atoms with Gasteiger partial charge in [0.05, 0.1) is 29.6 Å². The van der Waals surface area contributed by atoms with Crippen molar-refractivity contribution < 1.29 is 23.8 Å². The van der Waals surface area contributed by atoms with E-state index in [1.807, 2.05) is 12.1 Å². The third kappa shape index (κ3) is 6.05. The van der Waals surface area contributed by atoms with E-state index in [1.54, 1.807) is 13.0 Å². The fourth-order valence-electron chi connectivity index (χ4n) is 4.89. The largest absolute Gasteiger partial charge is 0.394 e. The molecule has 0 radical (unpaired) electrons. The molecular weight excluding hydrogens is 560 g/mol. The maximum atomic E-state index is 13.8. The van der Waals surface area contributed by atoms with Crippen LogP contribution in [0.4, 0.5) is 10.3 Å². The molecule has 3 heterocycles. The minimum Gasteiger partial charge on any atom is -0.394 e. The molecule has 2 aliphatic rings. The van der Waals surface area contributed by atoms with E-state index in [-0.39, 0.29) is 23.5 Å². The highest BCUT2D eigenvalue weighted by Crippen LogP contribution is 2.32. The second-order valence-electron chi connectivity index (χ2n) is 9.85. The van der Waals surface area contributed by atoms with E-state index >= 15 is 0 Å². The minimum absolute atomic E-state index is 0.145. The van der Waals surface area contributed by atoms with Crippen LogP contribution in [0.25, 0.3) is 11.3 Å². The summed E-state index contributed by atoms with van der Waals surface area (Å²) in [5.41, 5.74) is 2.67. The highest BCUT2D eigenvalue weighted by Gasteiger charge is 2.35. The molecule has 0 spiro atoms. The first-order valence-electron chi connectivity index (χ1n) is 12.9. The van der Waals surface area contributed by atoms with Crippen molar-refractivity contribution in [2.24, 2.45) is 0 Å². The topological polar surface area (TPSA) is 117 Å². The summed E-state index contributed by atoms with van der Waals surface area (Å²) in [6, 6.07) is 7.63. The number of halogens is 3. The number of hydrogen-bond donors (Lipinski definition) is 3. The molecule has 9 nitrogen and oxygen atoms in total. The van der Waals surface area contributed by atoms with E-state index < -0.39 is 30.4 Å². The number of ether oxygens (including phenoxy) is 1. The Morgan fingerprint density at radius 3 is 2.73 bits per heavy atom. The molecule has 1 fully saturated rings. The Morgan fingerprint density at radius 2 is 2.00 bits per heavy atom. The summed E-state index contributed by atoms with van der Waals surface area (Å²) in [7, 11) is 0. The first-order valence-corrected chi connectivity index (χ1v) is 13.7. The quantitative estimate of drug-likeness (QED) is 0.358. The first kappa shape index (κ1) is 28.2. The number of carbonyl (C=O) groups is 2. The van der Waals surface area contributed by atoms with Crippen LogP contribution in [0.15, 0.2) is 42.6 Å². The van der Waals surface area contributed by atoms with Crippen molar-refractivity contribution in [2.45, 2.75) is 44.4 Å². The van der Waals surface area contributed by atoms with Crippen LogP contribution in [0.5, 0.6) is 0 Å². The van der Waals surface area contributed by atoms with Crippen LogP contribution in [0.3, 0.4) is 0 Å². The second-order valence-corrected chi connectivity index (χ2v) is 10.7.